The molecule has 2 aromatic rings. The van der Waals surface area contributed by atoms with Gasteiger partial charge in [0.15, 0.2) is 0 Å². The number of nitrogens with one attached hydrogen (secondary N) is 1. The Hall–Kier alpha value is -1.66. The molecule has 2 aromatic heterocycles. The van der Waals surface area contributed by atoms with E-state index in [4.69, 9.17) is 0 Å². The fourth-order valence-electron chi connectivity index (χ4n) is 2.28. The van der Waals surface area contributed by atoms with Gasteiger partial charge >= 0.3 is 0 Å². The van der Waals surface area contributed by atoms with E-state index in [1.807, 2.05) is 48.6 Å². The fourth-order valence-corrected chi connectivity index (χ4v) is 3.72. The molecule has 0 saturated heterocycles. The molecule has 2 rings (SSSR count). The van der Waals surface area contributed by atoms with Crippen molar-refractivity contribution < 1.29 is 9.59 Å². The largest absolute Gasteiger partial charge is 0.356 e. The predicted molar refractivity (Wildman–Crippen MR) is 105 cm³/mol. The van der Waals surface area contributed by atoms with Crippen molar-refractivity contribution in [3.8, 4) is 0 Å². The van der Waals surface area contributed by atoms with Gasteiger partial charge in [0.1, 0.15) is 0 Å². The molecule has 0 atom stereocenters. The van der Waals surface area contributed by atoms with Crippen molar-refractivity contribution in [2.45, 2.75) is 46.7 Å². The minimum Gasteiger partial charge on any atom is -0.356 e. The first-order valence-corrected chi connectivity index (χ1v) is 10.2. The van der Waals surface area contributed by atoms with Crippen LogP contribution in [0.25, 0.3) is 0 Å². The van der Waals surface area contributed by atoms with E-state index in [2.05, 4.69) is 17.4 Å². The average molecular weight is 379 g/mol. The normalized spacial score (nSPS) is 11.3. The Morgan fingerprint density at radius 2 is 1.60 bits per heavy atom. The van der Waals surface area contributed by atoms with Crippen LogP contribution in [-0.2, 0) is 22.7 Å². The van der Waals surface area contributed by atoms with E-state index in [0.717, 1.165) is 0 Å². The Labute approximate surface area is 157 Å². The Kier molecular flexibility index (Phi) is 7.20. The molecule has 0 aliphatic heterocycles. The lowest BCUT2D eigenvalue weighted by atomic mass is 9.96. The summed E-state index contributed by atoms with van der Waals surface area (Å²) in [5.74, 6) is 0.154. The summed E-state index contributed by atoms with van der Waals surface area (Å²) >= 11 is 3.34. The second-order valence-corrected chi connectivity index (χ2v) is 9.08. The Morgan fingerprint density at radius 1 is 1.04 bits per heavy atom. The maximum atomic E-state index is 12.7. The summed E-state index contributed by atoms with van der Waals surface area (Å²) in [6.07, 6.45) is 1.10. The zero-order chi connectivity index (χ0) is 18.3. The van der Waals surface area contributed by atoms with E-state index in [1.165, 1.54) is 9.75 Å². The van der Waals surface area contributed by atoms with Crippen LogP contribution in [-0.4, -0.2) is 23.3 Å². The van der Waals surface area contributed by atoms with Gasteiger partial charge in [-0.3, -0.25) is 9.59 Å². The third-order valence-electron chi connectivity index (χ3n) is 3.74. The molecule has 0 unspecified atom stereocenters. The first-order valence-electron chi connectivity index (χ1n) is 8.47. The number of amides is 2. The van der Waals surface area contributed by atoms with Gasteiger partial charge in [0.25, 0.3) is 0 Å². The van der Waals surface area contributed by atoms with Crippen LogP contribution < -0.4 is 5.32 Å². The highest BCUT2D eigenvalue weighted by Crippen LogP contribution is 2.18. The van der Waals surface area contributed by atoms with Gasteiger partial charge in [-0.25, -0.2) is 0 Å². The topological polar surface area (TPSA) is 49.4 Å². The van der Waals surface area contributed by atoms with E-state index < -0.39 is 5.41 Å². The fraction of sp³-hybridized carbons (Fsp3) is 0.474. The van der Waals surface area contributed by atoms with Crippen molar-refractivity contribution in [3.05, 3.63) is 44.8 Å². The van der Waals surface area contributed by atoms with Crippen molar-refractivity contribution >= 4 is 34.5 Å². The molecule has 6 heteroatoms. The summed E-state index contributed by atoms with van der Waals surface area (Å²) in [4.78, 5) is 28.8. The van der Waals surface area contributed by atoms with Gasteiger partial charge in [-0.15, -0.1) is 22.7 Å². The van der Waals surface area contributed by atoms with Crippen molar-refractivity contribution in [1.82, 2.24) is 10.2 Å². The monoisotopic (exact) mass is 378 g/mol. The molecule has 0 spiro atoms. The second kappa shape index (κ2) is 9.15. The quantitative estimate of drug-likeness (QED) is 0.697. The molecule has 0 aliphatic carbocycles. The zero-order valence-electron chi connectivity index (χ0n) is 15.1. The van der Waals surface area contributed by atoms with Crippen LogP contribution >= 0.6 is 22.7 Å². The van der Waals surface area contributed by atoms with Crippen molar-refractivity contribution in [3.63, 3.8) is 0 Å². The summed E-state index contributed by atoms with van der Waals surface area (Å²) in [5.41, 5.74) is -0.394. The minimum atomic E-state index is -0.394. The third-order valence-corrected chi connectivity index (χ3v) is 5.46. The van der Waals surface area contributed by atoms with Gasteiger partial charge in [-0.05, 0) is 29.3 Å². The highest BCUT2D eigenvalue weighted by molar-refractivity contribution is 7.10. The number of hydrogen-bond donors (Lipinski definition) is 1. The summed E-state index contributed by atoms with van der Waals surface area (Å²) in [5, 5.41) is 6.97. The van der Waals surface area contributed by atoms with E-state index in [9.17, 15) is 9.59 Å². The van der Waals surface area contributed by atoms with Crippen LogP contribution in [0.2, 0.25) is 0 Å². The molecule has 0 aromatic carbocycles. The van der Waals surface area contributed by atoms with Crippen molar-refractivity contribution in [2.75, 3.05) is 6.54 Å². The number of carbonyl (C=O) groups is 2. The average Bonchev–Trinajstić information content (AvgIpc) is 3.23. The van der Waals surface area contributed by atoms with Crippen LogP contribution in [0.4, 0.5) is 0 Å². The first-order chi connectivity index (χ1) is 11.9. The van der Waals surface area contributed by atoms with Crippen molar-refractivity contribution in [2.24, 2.45) is 5.41 Å². The molecule has 2 heterocycles. The third kappa shape index (κ3) is 6.63. The van der Waals surface area contributed by atoms with Gasteiger partial charge in [0, 0.05) is 28.1 Å². The minimum absolute atomic E-state index is 0.0222. The van der Waals surface area contributed by atoms with E-state index >= 15 is 0 Å². The van der Waals surface area contributed by atoms with E-state index in [0.29, 0.717) is 32.5 Å². The van der Waals surface area contributed by atoms with Gasteiger partial charge in [0.2, 0.25) is 11.8 Å². The maximum Gasteiger partial charge on any atom is 0.225 e. The van der Waals surface area contributed by atoms with E-state index in [-0.39, 0.29) is 11.8 Å². The molecule has 2 amide bonds. The molecule has 0 aliphatic rings. The molecule has 0 saturated carbocycles. The summed E-state index contributed by atoms with van der Waals surface area (Å²) in [6, 6.07) is 8.14. The highest BCUT2D eigenvalue weighted by Gasteiger charge is 2.21. The molecular weight excluding hydrogens is 352 g/mol. The standard InChI is InChI=1S/C19H26N2O2S2/c1-19(2,3)18(23)20-10-4-9-17(22)21(13-15-7-5-11-24-15)14-16-8-6-12-25-16/h5-8,11-12H,4,9-10,13-14H2,1-3H3,(H,20,23). The summed E-state index contributed by atoms with van der Waals surface area (Å²) < 4.78 is 0. The number of thiophene rings is 2. The lowest BCUT2D eigenvalue weighted by Crippen LogP contribution is -2.36. The first kappa shape index (κ1) is 19.7. The molecule has 1 N–H and O–H groups in total. The van der Waals surface area contributed by atoms with Gasteiger partial charge in [0.05, 0.1) is 13.1 Å². The molecule has 25 heavy (non-hydrogen) atoms. The Bertz CT molecular complexity index is 622. The van der Waals surface area contributed by atoms with Crippen LogP contribution in [0.5, 0.6) is 0 Å². The molecule has 4 nitrogen and oxygen atoms in total. The molecule has 0 bridgehead atoms. The van der Waals surface area contributed by atoms with Gasteiger partial charge in [-0.2, -0.15) is 0 Å². The summed E-state index contributed by atoms with van der Waals surface area (Å²) in [6.45, 7) is 7.48. The number of rotatable bonds is 8. The maximum absolute atomic E-state index is 12.7. The Morgan fingerprint density at radius 3 is 2.04 bits per heavy atom. The number of hydrogen-bond acceptors (Lipinski definition) is 4. The number of carbonyl (C=O) groups excluding carboxylic acids is 2. The second-order valence-electron chi connectivity index (χ2n) is 7.02. The van der Waals surface area contributed by atoms with Gasteiger partial charge < -0.3 is 10.2 Å². The zero-order valence-corrected chi connectivity index (χ0v) is 16.7. The van der Waals surface area contributed by atoms with Crippen LogP contribution in [0.15, 0.2) is 35.0 Å². The lowest BCUT2D eigenvalue weighted by Gasteiger charge is -2.22. The van der Waals surface area contributed by atoms with Crippen LogP contribution in [0, 0.1) is 5.41 Å². The van der Waals surface area contributed by atoms with E-state index in [1.54, 1.807) is 22.7 Å². The highest BCUT2D eigenvalue weighted by atomic mass is 32.1. The summed E-state index contributed by atoms with van der Waals surface area (Å²) in [7, 11) is 0. The van der Waals surface area contributed by atoms with Gasteiger partial charge in [-0.1, -0.05) is 32.9 Å². The molecule has 0 fully saturated rings. The smallest absolute Gasteiger partial charge is 0.225 e. The van der Waals surface area contributed by atoms with Crippen LogP contribution in [0.3, 0.4) is 0 Å². The molecule has 0 radical (unpaired) electrons. The SMILES string of the molecule is CC(C)(C)C(=O)NCCCC(=O)N(Cc1cccs1)Cc1cccs1. The van der Waals surface area contributed by atoms with Crippen LogP contribution in [0.1, 0.15) is 43.4 Å². The number of nitrogens with zero attached hydrogens (tertiary/aromatic N) is 1. The lowest BCUT2D eigenvalue weighted by molar-refractivity contribution is -0.133. The van der Waals surface area contributed by atoms with Crippen molar-refractivity contribution in [1.29, 1.82) is 0 Å². The Balaban J connectivity index is 1.85. The molecular formula is C19H26N2O2S2. The molecule has 136 valence electrons. The predicted octanol–water partition coefficient (Wildman–Crippen LogP) is 4.28.